The Morgan fingerprint density at radius 2 is 1.62 bits per heavy atom. The van der Waals surface area contributed by atoms with E-state index in [1.165, 1.54) is 0 Å². The number of benzene rings is 1. The highest BCUT2D eigenvalue weighted by Gasteiger charge is 2.23. The summed E-state index contributed by atoms with van der Waals surface area (Å²) in [7, 11) is 0. The maximum Gasteiger partial charge on any atom is 0.272 e. The molecule has 116 valence electrons. The maximum absolute atomic E-state index is 13.4. The molecule has 0 unspecified atom stereocenters. The summed E-state index contributed by atoms with van der Waals surface area (Å²) in [5, 5.41) is 2.79. The van der Waals surface area contributed by atoms with Crippen LogP contribution in [0.4, 0.5) is 17.6 Å². The molecule has 0 heterocycles. The predicted molar refractivity (Wildman–Crippen MR) is 72.4 cm³/mol. The number of amides is 1. The van der Waals surface area contributed by atoms with Gasteiger partial charge in [-0.2, -0.15) is 0 Å². The molecule has 4 nitrogen and oxygen atoms in total. The number of hydrogen-bond donors (Lipinski definition) is 3. The summed E-state index contributed by atoms with van der Waals surface area (Å²) in [6.07, 6.45) is 0. The lowest BCUT2D eigenvalue weighted by Crippen LogP contribution is -2.52. The van der Waals surface area contributed by atoms with Gasteiger partial charge >= 0.3 is 0 Å². The van der Waals surface area contributed by atoms with Gasteiger partial charge in [0.1, 0.15) is 0 Å². The molecule has 0 aliphatic carbocycles. The molecule has 0 fully saturated rings. The summed E-state index contributed by atoms with van der Waals surface area (Å²) in [6.45, 7) is 5.40. The zero-order chi connectivity index (χ0) is 16.4. The van der Waals surface area contributed by atoms with Crippen molar-refractivity contribution in [1.29, 1.82) is 0 Å². The molecule has 9 heteroatoms. The Kier molecular flexibility index (Phi) is 5.10. The van der Waals surface area contributed by atoms with Crippen LogP contribution >= 0.6 is 12.2 Å². The first kappa shape index (κ1) is 17.2. The van der Waals surface area contributed by atoms with Gasteiger partial charge in [-0.1, -0.05) is 0 Å². The lowest BCUT2D eigenvalue weighted by atomic mass is 10.1. The zero-order valence-corrected chi connectivity index (χ0v) is 12.2. The average Bonchev–Trinajstić information content (AvgIpc) is 2.35. The number of carbonyl (C=O) groups is 1. The SMILES string of the molecule is CC(C)(C)NC(=S)NNC(=O)c1cc(F)c(F)c(F)c1F. The van der Waals surface area contributed by atoms with Crippen LogP contribution in [0.2, 0.25) is 0 Å². The third-order valence-corrected chi connectivity index (χ3v) is 2.33. The highest BCUT2D eigenvalue weighted by atomic mass is 32.1. The molecule has 21 heavy (non-hydrogen) atoms. The summed E-state index contributed by atoms with van der Waals surface area (Å²) in [5.41, 5.74) is 2.80. The van der Waals surface area contributed by atoms with E-state index in [-0.39, 0.29) is 11.2 Å². The van der Waals surface area contributed by atoms with Crippen LogP contribution in [0.5, 0.6) is 0 Å². The average molecular weight is 323 g/mol. The topological polar surface area (TPSA) is 53.2 Å². The summed E-state index contributed by atoms with van der Waals surface area (Å²) in [4.78, 5) is 11.6. The highest BCUT2D eigenvalue weighted by Crippen LogP contribution is 2.18. The van der Waals surface area contributed by atoms with E-state index in [0.29, 0.717) is 0 Å². The van der Waals surface area contributed by atoms with E-state index in [9.17, 15) is 22.4 Å². The van der Waals surface area contributed by atoms with Gasteiger partial charge in [-0.25, -0.2) is 17.6 Å². The smallest absolute Gasteiger partial charge is 0.272 e. The number of rotatable bonds is 1. The van der Waals surface area contributed by atoms with E-state index < -0.39 is 40.3 Å². The van der Waals surface area contributed by atoms with Gasteiger partial charge in [-0.3, -0.25) is 15.6 Å². The van der Waals surface area contributed by atoms with E-state index in [1.807, 2.05) is 5.43 Å². The van der Waals surface area contributed by atoms with Crippen molar-refractivity contribution >= 4 is 23.2 Å². The van der Waals surface area contributed by atoms with Crippen molar-refractivity contribution in [3.05, 3.63) is 34.9 Å². The monoisotopic (exact) mass is 323 g/mol. The number of thiocarbonyl (C=S) groups is 1. The molecule has 0 bridgehead atoms. The summed E-state index contributed by atoms with van der Waals surface area (Å²) in [6, 6.07) is 0.255. The van der Waals surface area contributed by atoms with Crippen LogP contribution in [0.25, 0.3) is 0 Å². The van der Waals surface area contributed by atoms with Crippen molar-refractivity contribution in [3.8, 4) is 0 Å². The van der Waals surface area contributed by atoms with E-state index in [1.54, 1.807) is 20.8 Å². The molecular formula is C12H13F4N3OS. The van der Waals surface area contributed by atoms with Crippen molar-refractivity contribution in [2.75, 3.05) is 0 Å². The van der Waals surface area contributed by atoms with Crippen molar-refractivity contribution in [1.82, 2.24) is 16.2 Å². The standard InChI is InChI=1S/C12H13F4N3OS/c1-12(2,3)17-11(21)19-18-10(20)5-4-6(13)8(15)9(16)7(5)14/h4H,1-3H3,(H,18,20)(H2,17,19,21). The van der Waals surface area contributed by atoms with Gasteiger partial charge in [0.25, 0.3) is 5.91 Å². The molecule has 0 atom stereocenters. The third kappa shape index (κ3) is 4.55. The van der Waals surface area contributed by atoms with Gasteiger partial charge in [-0.05, 0) is 39.1 Å². The predicted octanol–water partition coefficient (Wildman–Crippen LogP) is 2.15. The molecule has 0 aromatic heterocycles. The lowest BCUT2D eigenvalue weighted by Gasteiger charge is -2.23. The van der Waals surface area contributed by atoms with Crippen LogP contribution in [-0.2, 0) is 0 Å². The number of hydrazine groups is 1. The van der Waals surface area contributed by atoms with E-state index in [4.69, 9.17) is 12.2 Å². The number of halogens is 4. The fraction of sp³-hybridized carbons (Fsp3) is 0.333. The van der Waals surface area contributed by atoms with Crippen LogP contribution in [0.1, 0.15) is 31.1 Å². The highest BCUT2D eigenvalue weighted by molar-refractivity contribution is 7.80. The van der Waals surface area contributed by atoms with Gasteiger partial charge in [-0.15, -0.1) is 0 Å². The van der Waals surface area contributed by atoms with E-state index in [2.05, 4.69) is 10.7 Å². The minimum absolute atomic E-state index is 0.0133. The first-order chi connectivity index (χ1) is 9.53. The van der Waals surface area contributed by atoms with Crippen molar-refractivity contribution in [2.45, 2.75) is 26.3 Å². The molecule has 0 saturated heterocycles. The van der Waals surface area contributed by atoms with Crippen molar-refractivity contribution in [3.63, 3.8) is 0 Å². The number of nitrogens with one attached hydrogen (secondary N) is 3. The zero-order valence-electron chi connectivity index (χ0n) is 11.4. The Labute approximate surface area is 123 Å². The minimum atomic E-state index is -2.06. The minimum Gasteiger partial charge on any atom is -0.357 e. The fourth-order valence-electron chi connectivity index (χ4n) is 1.29. The van der Waals surface area contributed by atoms with E-state index in [0.717, 1.165) is 0 Å². The summed E-state index contributed by atoms with van der Waals surface area (Å²) >= 11 is 4.84. The van der Waals surface area contributed by atoms with Gasteiger partial charge in [0.15, 0.2) is 28.4 Å². The molecule has 0 saturated carbocycles. The molecule has 3 N–H and O–H groups in total. The Hall–Kier alpha value is -1.90. The van der Waals surface area contributed by atoms with E-state index >= 15 is 0 Å². The van der Waals surface area contributed by atoms with Crippen molar-refractivity contribution in [2.24, 2.45) is 0 Å². The van der Waals surface area contributed by atoms with Crippen LogP contribution in [0.15, 0.2) is 6.07 Å². The lowest BCUT2D eigenvalue weighted by molar-refractivity contribution is 0.0937. The van der Waals surface area contributed by atoms with Crippen LogP contribution in [0.3, 0.4) is 0 Å². The molecule has 1 aromatic rings. The second-order valence-corrected chi connectivity index (χ2v) is 5.54. The molecule has 0 aliphatic heterocycles. The Balaban J connectivity index is 2.80. The maximum atomic E-state index is 13.4. The molecule has 1 rings (SSSR count). The fourth-order valence-corrected chi connectivity index (χ4v) is 1.65. The van der Waals surface area contributed by atoms with Gasteiger partial charge in [0.05, 0.1) is 5.56 Å². The van der Waals surface area contributed by atoms with Gasteiger partial charge in [0.2, 0.25) is 0 Å². The first-order valence-corrected chi connectivity index (χ1v) is 6.15. The van der Waals surface area contributed by atoms with Gasteiger partial charge in [0, 0.05) is 5.54 Å². The van der Waals surface area contributed by atoms with Gasteiger partial charge < -0.3 is 5.32 Å². The number of hydrogen-bond acceptors (Lipinski definition) is 2. The van der Waals surface area contributed by atoms with Crippen LogP contribution in [0, 0.1) is 23.3 Å². The normalized spacial score (nSPS) is 11.0. The Morgan fingerprint density at radius 3 is 2.14 bits per heavy atom. The Morgan fingerprint density at radius 1 is 1.05 bits per heavy atom. The molecular weight excluding hydrogens is 310 g/mol. The quantitative estimate of drug-likeness (QED) is 0.244. The molecule has 0 spiro atoms. The molecule has 1 aromatic carbocycles. The molecule has 0 radical (unpaired) electrons. The molecule has 0 aliphatic rings. The summed E-state index contributed by atoms with van der Waals surface area (Å²) in [5.74, 6) is -8.71. The second-order valence-electron chi connectivity index (χ2n) is 5.13. The Bertz CT molecular complexity index is 587. The number of carbonyl (C=O) groups excluding carboxylic acids is 1. The second kappa shape index (κ2) is 6.25. The van der Waals surface area contributed by atoms with Crippen LogP contribution in [-0.4, -0.2) is 16.6 Å². The summed E-state index contributed by atoms with van der Waals surface area (Å²) < 4.78 is 52.1. The third-order valence-electron chi connectivity index (χ3n) is 2.13. The first-order valence-electron chi connectivity index (χ1n) is 5.74. The van der Waals surface area contributed by atoms with Crippen LogP contribution < -0.4 is 16.2 Å². The largest absolute Gasteiger partial charge is 0.357 e. The molecule has 1 amide bonds. The van der Waals surface area contributed by atoms with Crippen molar-refractivity contribution < 1.29 is 22.4 Å².